The van der Waals surface area contributed by atoms with Gasteiger partial charge in [-0.2, -0.15) is 0 Å². The van der Waals surface area contributed by atoms with Crippen molar-refractivity contribution in [2.24, 2.45) is 0 Å². The van der Waals surface area contributed by atoms with Crippen molar-refractivity contribution >= 4 is 21.8 Å². The van der Waals surface area contributed by atoms with Crippen molar-refractivity contribution in [1.82, 2.24) is 24.5 Å². The molecule has 0 spiro atoms. The molecule has 5 heteroatoms. The summed E-state index contributed by atoms with van der Waals surface area (Å²) in [6.07, 6.45) is 0. The Hall–Kier alpha value is -8.28. The van der Waals surface area contributed by atoms with Gasteiger partial charge >= 0.3 is 0 Å². The first-order valence-electron chi connectivity index (χ1n) is 21.4. The highest BCUT2D eigenvalue weighted by Gasteiger charge is 2.17. The van der Waals surface area contributed by atoms with Gasteiger partial charge in [-0.25, -0.2) is 19.9 Å². The Bertz CT molecular complexity index is 3430. The highest BCUT2D eigenvalue weighted by atomic mass is 15.1. The van der Waals surface area contributed by atoms with Gasteiger partial charge in [0.25, 0.3) is 0 Å². The number of fused-ring (bicyclic) bond motifs is 2. The number of benzene rings is 9. The fourth-order valence-corrected chi connectivity index (χ4v) is 8.83. The van der Waals surface area contributed by atoms with Crippen molar-refractivity contribution in [3.8, 4) is 90.1 Å². The van der Waals surface area contributed by atoms with Crippen molar-refractivity contribution in [2.45, 2.75) is 13.5 Å². The predicted molar refractivity (Wildman–Crippen MR) is 260 cm³/mol. The quantitative estimate of drug-likeness (QED) is 0.146. The number of aromatic nitrogens is 5. The summed E-state index contributed by atoms with van der Waals surface area (Å²) in [6, 6.07) is 76.7. The van der Waals surface area contributed by atoms with Gasteiger partial charge in [-0.05, 0) is 86.5 Å². The number of hydrogen-bond acceptors (Lipinski definition) is 4. The molecule has 0 fully saturated rings. The lowest BCUT2D eigenvalue weighted by Gasteiger charge is -2.16. The summed E-state index contributed by atoms with van der Waals surface area (Å²) in [6.45, 7) is 3.02. The lowest BCUT2D eigenvalue weighted by molar-refractivity contribution is 0.796. The Balaban J connectivity index is 0.982. The van der Waals surface area contributed by atoms with E-state index in [0.717, 1.165) is 67.9 Å². The van der Waals surface area contributed by atoms with Crippen LogP contribution in [0.3, 0.4) is 0 Å². The first kappa shape index (κ1) is 37.7. The first-order chi connectivity index (χ1) is 31.2. The van der Waals surface area contributed by atoms with Crippen LogP contribution in [0.5, 0.6) is 0 Å². The summed E-state index contributed by atoms with van der Waals surface area (Å²) >= 11 is 0. The number of para-hydroxylation sites is 2. The van der Waals surface area contributed by atoms with Gasteiger partial charge in [0.1, 0.15) is 5.82 Å². The molecule has 2 aromatic heterocycles. The number of rotatable bonds is 9. The third kappa shape index (κ3) is 7.15. The zero-order valence-electron chi connectivity index (χ0n) is 34.7. The van der Waals surface area contributed by atoms with Crippen LogP contribution in [0.15, 0.2) is 218 Å². The zero-order valence-corrected chi connectivity index (χ0v) is 34.7. The Morgan fingerprint density at radius 1 is 0.317 bits per heavy atom. The van der Waals surface area contributed by atoms with Gasteiger partial charge in [-0.1, -0.05) is 194 Å². The maximum absolute atomic E-state index is 5.11. The summed E-state index contributed by atoms with van der Waals surface area (Å²) < 4.78 is 2.30. The van der Waals surface area contributed by atoms with E-state index >= 15 is 0 Å². The minimum absolute atomic E-state index is 0.624. The monoisotopic (exact) mass is 807 g/mol. The summed E-state index contributed by atoms with van der Waals surface area (Å²) in [5.41, 5.74) is 15.3. The summed E-state index contributed by atoms with van der Waals surface area (Å²) in [4.78, 5) is 20.3. The predicted octanol–water partition coefficient (Wildman–Crippen LogP) is 14.7. The van der Waals surface area contributed by atoms with Crippen LogP contribution in [0.25, 0.3) is 112 Å². The van der Waals surface area contributed by atoms with Gasteiger partial charge in [0.15, 0.2) is 17.5 Å². The highest BCUT2D eigenvalue weighted by Crippen LogP contribution is 2.41. The van der Waals surface area contributed by atoms with Crippen molar-refractivity contribution in [3.63, 3.8) is 0 Å². The van der Waals surface area contributed by atoms with Crippen LogP contribution < -0.4 is 0 Å². The Morgan fingerprint density at radius 2 is 0.762 bits per heavy atom. The number of hydrogen-bond donors (Lipinski definition) is 0. The molecule has 0 radical (unpaired) electrons. The molecular weight excluding hydrogens is 767 g/mol. The molecule has 0 saturated heterocycles. The van der Waals surface area contributed by atoms with E-state index in [1.165, 1.54) is 33.0 Å². The van der Waals surface area contributed by atoms with Crippen molar-refractivity contribution in [3.05, 3.63) is 218 Å². The van der Waals surface area contributed by atoms with Crippen LogP contribution >= 0.6 is 0 Å². The topological polar surface area (TPSA) is 56.5 Å². The van der Waals surface area contributed by atoms with Crippen molar-refractivity contribution < 1.29 is 0 Å². The molecule has 0 aliphatic carbocycles. The average Bonchev–Trinajstić information content (AvgIpc) is 3.75. The minimum atomic E-state index is 0.624. The molecule has 0 bridgehead atoms. The summed E-state index contributed by atoms with van der Waals surface area (Å²) in [5, 5.41) is 2.36. The molecule has 0 aliphatic rings. The first-order valence-corrected chi connectivity index (χ1v) is 21.4. The van der Waals surface area contributed by atoms with Gasteiger partial charge < -0.3 is 4.57 Å². The van der Waals surface area contributed by atoms with Crippen molar-refractivity contribution in [2.75, 3.05) is 0 Å². The molecule has 0 saturated carbocycles. The molecule has 0 unspecified atom stereocenters. The molecule has 298 valence electrons. The standard InChI is InChI=1S/C58H41N5/c1-2-63-54-32-12-11-31-53(54)59-58(63)46-24-14-22-44(38-46)47-25-9-10-26-49(47)51-30-16-28-50-48(27-15-29-52(50)51)43-21-13-23-45(37-43)57-61-55(41-19-7-4-8-20-41)60-56(62-57)42-35-33-40(34-36-42)39-17-5-3-6-18-39/h3-38H,2H2,1H3. The van der Waals surface area contributed by atoms with E-state index in [1.807, 2.05) is 36.4 Å². The fourth-order valence-electron chi connectivity index (χ4n) is 8.83. The van der Waals surface area contributed by atoms with Crippen LogP contribution in [0.2, 0.25) is 0 Å². The molecule has 0 N–H and O–H groups in total. The smallest absolute Gasteiger partial charge is 0.164 e. The third-order valence-corrected chi connectivity index (χ3v) is 11.9. The summed E-state index contributed by atoms with van der Waals surface area (Å²) in [5.74, 6) is 2.87. The molecular formula is C58H41N5. The Kier molecular flexibility index (Phi) is 9.75. The van der Waals surface area contributed by atoms with Gasteiger partial charge in [0, 0.05) is 28.8 Å². The van der Waals surface area contributed by atoms with Crippen LogP contribution in [0, 0.1) is 0 Å². The molecule has 0 aliphatic heterocycles. The van der Waals surface area contributed by atoms with Gasteiger partial charge in [-0.15, -0.1) is 0 Å². The second-order valence-electron chi connectivity index (χ2n) is 15.7. The average molecular weight is 808 g/mol. The highest BCUT2D eigenvalue weighted by molar-refractivity contribution is 6.06. The molecule has 11 aromatic rings. The third-order valence-electron chi connectivity index (χ3n) is 11.9. The van der Waals surface area contributed by atoms with Crippen LogP contribution in [0.4, 0.5) is 0 Å². The second kappa shape index (κ2) is 16.3. The lowest BCUT2D eigenvalue weighted by atomic mass is 9.89. The Morgan fingerprint density at radius 3 is 1.48 bits per heavy atom. The Labute approximate surface area is 366 Å². The van der Waals surface area contributed by atoms with E-state index in [-0.39, 0.29) is 0 Å². The molecule has 5 nitrogen and oxygen atoms in total. The second-order valence-corrected chi connectivity index (χ2v) is 15.7. The van der Waals surface area contributed by atoms with Crippen molar-refractivity contribution in [1.29, 1.82) is 0 Å². The molecule has 11 rings (SSSR count). The maximum atomic E-state index is 5.11. The van der Waals surface area contributed by atoms with E-state index < -0.39 is 0 Å². The molecule has 0 amide bonds. The van der Waals surface area contributed by atoms with E-state index in [4.69, 9.17) is 19.9 Å². The summed E-state index contributed by atoms with van der Waals surface area (Å²) in [7, 11) is 0. The van der Waals surface area contributed by atoms with Gasteiger partial charge in [0.2, 0.25) is 0 Å². The van der Waals surface area contributed by atoms with Crippen LogP contribution in [-0.4, -0.2) is 24.5 Å². The number of nitrogens with zero attached hydrogens (tertiary/aromatic N) is 5. The van der Waals surface area contributed by atoms with Gasteiger partial charge in [0.05, 0.1) is 11.0 Å². The largest absolute Gasteiger partial charge is 0.324 e. The van der Waals surface area contributed by atoms with Crippen LogP contribution in [0.1, 0.15) is 6.92 Å². The SMILES string of the molecule is CCn1c(-c2cccc(-c3ccccc3-c3cccc4c(-c5cccc(-c6nc(-c7ccccc7)nc(-c7ccc(-c8ccccc8)cc7)n6)c5)cccc34)c2)nc2ccccc21. The van der Waals surface area contributed by atoms with E-state index in [2.05, 4.69) is 193 Å². The van der Waals surface area contributed by atoms with Gasteiger partial charge in [-0.3, -0.25) is 0 Å². The lowest BCUT2D eigenvalue weighted by Crippen LogP contribution is -2.00. The molecule has 0 atom stereocenters. The normalized spacial score (nSPS) is 11.3. The fraction of sp³-hybridized carbons (Fsp3) is 0.0345. The van der Waals surface area contributed by atoms with E-state index in [9.17, 15) is 0 Å². The number of imidazole rings is 1. The minimum Gasteiger partial charge on any atom is -0.324 e. The molecule has 9 aromatic carbocycles. The van der Waals surface area contributed by atoms with E-state index in [0.29, 0.717) is 17.5 Å². The maximum Gasteiger partial charge on any atom is 0.164 e. The zero-order chi connectivity index (χ0) is 42.1. The van der Waals surface area contributed by atoms with E-state index in [1.54, 1.807) is 0 Å². The van der Waals surface area contributed by atoms with Crippen LogP contribution in [-0.2, 0) is 6.54 Å². The number of aryl methyl sites for hydroxylation is 1. The molecule has 2 heterocycles. The molecule has 63 heavy (non-hydrogen) atoms.